The third-order valence-corrected chi connectivity index (χ3v) is 8.73. The maximum Gasteiger partial charge on any atom is 0.416 e. The van der Waals surface area contributed by atoms with Crippen LogP contribution in [0.5, 0.6) is 5.75 Å². The largest absolute Gasteiger partial charge is 0.496 e. The molecule has 4 aliphatic carbocycles. The van der Waals surface area contributed by atoms with E-state index in [1.807, 2.05) is 19.1 Å². The summed E-state index contributed by atoms with van der Waals surface area (Å²) in [6.07, 6.45) is 6.02. The number of allylic oxidation sites excluding steroid dienone is 3. The number of methoxy groups -OCH3 is 1. The fraction of sp³-hybridized carbons (Fsp3) is 0.452. The van der Waals surface area contributed by atoms with E-state index in [-0.39, 0.29) is 5.41 Å². The molecule has 2 aromatic rings. The van der Waals surface area contributed by atoms with Crippen molar-refractivity contribution in [2.24, 2.45) is 17.8 Å². The molecule has 4 aliphatic rings. The Hall–Kier alpha value is -3.02. The van der Waals surface area contributed by atoms with E-state index in [4.69, 9.17) is 4.74 Å². The monoisotopic (exact) mass is 510 g/mol. The lowest BCUT2D eigenvalue weighted by Crippen LogP contribution is -2.48. The van der Waals surface area contributed by atoms with Crippen molar-refractivity contribution in [2.45, 2.75) is 63.5 Å². The van der Waals surface area contributed by atoms with E-state index in [0.717, 1.165) is 52.8 Å². The number of benzene rings is 2. The molecule has 3 nitrogen and oxygen atoms in total. The minimum Gasteiger partial charge on any atom is -0.496 e. The van der Waals surface area contributed by atoms with Gasteiger partial charge < -0.3 is 9.84 Å². The zero-order valence-electron chi connectivity index (χ0n) is 21.3. The highest BCUT2D eigenvalue weighted by Gasteiger charge is 2.52. The van der Waals surface area contributed by atoms with Gasteiger partial charge in [0.2, 0.25) is 0 Å². The minimum absolute atomic E-state index is 0.141. The SMILES string of the molecule is CC/C(=C(\C=CC(=O)O)c1cccc(C(F)(F)F)c1)c1ccc(C23CC4CC(CC(C4)C2)C3)c(OC)c1. The van der Waals surface area contributed by atoms with Crippen molar-refractivity contribution in [1.29, 1.82) is 0 Å². The molecule has 0 heterocycles. The fourth-order valence-electron chi connectivity index (χ4n) is 7.70. The van der Waals surface area contributed by atoms with E-state index in [2.05, 4.69) is 6.07 Å². The number of halogens is 3. The second-order valence-corrected chi connectivity index (χ2v) is 11.1. The van der Waals surface area contributed by atoms with Crippen LogP contribution in [0.4, 0.5) is 13.2 Å². The van der Waals surface area contributed by atoms with E-state index in [9.17, 15) is 23.1 Å². The highest BCUT2D eigenvalue weighted by Crippen LogP contribution is 2.62. The van der Waals surface area contributed by atoms with Crippen molar-refractivity contribution in [1.82, 2.24) is 0 Å². The number of hydrogen-bond acceptors (Lipinski definition) is 2. The van der Waals surface area contributed by atoms with Crippen molar-refractivity contribution in [3.8, 4) is 5.75 Å². The molecule has 0 radical (unpaired) electrons. The van der Waals surface area contributed by atoms with Crippen molar-refractivity contribution in [3.63, 3.8) is 0 Å². The van der Waals surface area contributed by atoms with Gasteiger partial charge in [-0.05, 0) is 115 Å². The summed E-state index contributed by atoms with van der Waals surface area (Å²) in [4.78, 5) is 11.3. The van der Waals surface area contributed by atoms with Crippen molar-refractivity contribution in [2.75, 3.05) is 7.11 Å². The van der Waals surface area contributed by atoms with Crippen LogP contribution in [0.1, 0.15) is 74.1 Å². The summed E-state index contributed by atoms with van der Waals surface area (Å²) in [5.74, 6) is 2.02. The van der Waals surface area contributed by atoms with Gasteiger partial charge in [0, 0.05) is 11.6 Å². The molecule has 196 valence electrons. The first-order valence-corrected chi connectivity index (χ1v) is 13.1. The lowest BCUT2D eigenvalue weighted by Gasteiger charge is -2.57. The topological polar surface area (TPSA) is 46.5 Å². The molecule has 4 saturated carbocycles. The molecule has 0 amide bonds. The number of aliphatic carboxylic acids is 1. The van der Waals surface area contributed by atoms with Crippen LogP contribution >= 0.6 is 0 Å². The van der Waals surface area contributed by atoms with Crippen LogP contribution in [0.25, 0.3) is 11.1 Å². The third-order valence-electron chi connectivity index (χ3n) is 8.73. The lowest BCUT2D eigenvalue weighted by atomic mass is 9.48. The first kappa shape index (κ1) is 25.6. The predicted molar refractivity (Wildman–Crippen MR) is 138 cm³/mol. The van der Waals surface area contributed by atoms with E-state index in [0.29, 0.717) is 17.6 Å². The van der Waals surface area contributed by atoms with Gasteiger partial charge >= 0.3 is 12.1 Å². The van der Waals surface area contributed by atoms with Crippen LogP contribution in [-0.2, 0) is 16.4 Å². The quantitative estimate of drug-likeness (QED) is 0.232. The zero-order chi connectivity index (χ0) is 26.4. The summed E-state index contributed by atoms with van der Waals surface area (Å²) in [6.45, 7) is 1.93. The molecule has 0 atom stereocenters. The molecular weight excluding hydrogens is 477 g/mol. The number of alkyl halides is 3. The Bertz CT molecular complexity index is 1220. The lowest BCUT2D eigenvalue weighted by molar-refractivity contribution is -0.137. The van der Waals surface area contributed by atoms with Gasteiger partial charge in [-0.25, -0.2) is 4.79 Å². The van der Waals surface area contributed by atoms with Crippen LogP contribution < -0.4 is 4.74 Å². The molecule has 6 heteroatoms. The number of rotatable bonds is 7. The molecule has 0 aromatic heterocycles. The van der Waals surface area contributed by atoms with Gasteiger partial charge in [0.15, 0.2) is 0 Å². The van der Waals surface area contributed by atoms with Crippen LogP contribution in [-0.4, -0.2) is 18.2 Å². The summed E-state index contributed by atoms with van der Waals surface area (Å²) in [5.41, 5.74) is 3.00. The number of ether oxygens (including phenoxy) is 1. The van der Waals surface area contributed by atoms with Gasteiger partial charge in [-0.3, -0.25) is 0 Å². The molecule has 0 spiro atoms. The first-order valence-electron chi connectivity index (χ1n) is 13.1. The molecule has 0 aliphatic heterocycles. The Morgan fingerprint density at radius 2 is 1.65 bits per heavy atom. The van der Waals surface area contributed by atoms with Crippen LogP contribution in [0, 0.1) is 17.8 Å². The Labute approximate surface area is 216 Å². The summed E-state index contributed by atoms with van der Waals surface area (Å²) in [5, 5.41) is 9.28. The molecule has 37 heavy (non-hydrogen) atoms. The van der Waals surface area contributed by atoms with Crippen molar-refractivity contribution < 1.29 is 27.8 Å². The smallest absolute Gasteiger partial charge is 0.416 e. The molecule has 2 aromatic carbocycles. The molecule has 4 bridgehead atoms. The van der Waals surface area contributed by atoms with Gasteiger partial charge in [0.1, 0.15) is 5.75 Å². The Morgan fingerprint density at radius 3 is 2.19 bits per heavy atom. The second kappa shape index (κ2) is 9.70. The number of carboxylic acid groups (broad SMARTS) is 1. The van der Waals surface area contributed by atoms with E-state index in [1.165, 1.54) is 56.2 Å². The molecule has 4 fully saturated rings. The average molecular weight is 511 g/mol. The number of carboxylic acids is 1. The highest BCUT2D eigenvalue weighted by atomic mass is 19.4. The van der Waals surface area contributed by atoms with Crippen molar-refractivity contribution >= 4 is 17.1 Å². The first-order chi connectivity index (χ1) is 17.6. The van der Waals surface area contributed by atoms with Crippen LogP contribution in [0.3, 0.4) is 0 Å². The van der Waals surface area contributed by atoms with Crippen molar-refractivity contribution in [3.05, 3.63) is 76.9 Å². The molecule has 1 N–H and O–H groups in total. The van der Waals surface area contributed by atoms with Crippen LogP contribution in [0.15, 0.2) is 54.6 Å². The van der Waals surface area contributed by atoms with Gasteiger partial charge in [-0.1, -0.05) is 31.2 Å². The zero-order valence-corrected chi connectivity index (χ0v) is 21.3. The van der Waals surface area contributed by atoms with E-state index < -0.39 is 17.7 Å². The molecular formula is C31H33F3O3. The second-order valence-electron chi connectivity index (χ2n) is 11.1. The summed E-state index contributed by atoms with van der Waals surface area (Å²) in [6, 6.07) is 11.2. The maximum atomic E-state index is 13.5. The third kappa shape index (κ3) is 4.95. The Morgan fingerprint density at radius 1 is 1.00 bits per heavy atom. The summed E-state index contributed by atoms with van der Waals surface area (Å²) < 4.78 is 46.3. The van der Waals surface area contributed by atoms with Gasteiger partial charge in [-0.2, -0.15) is 13.2 Å². The van der Waals surface area contributed by atoms with Crippen LogP contribution in [0.2, 0.25) is 0 Å². The Balaban J connectivity index is 1.61. The van der Waals surface area contributed by atoms with Gasteiger partial charge in [0.05, 0.1) is 12.7 Å². The van der Waals surface area contributed by atoms with E-state index in [1.54, 1.807) is 13.2 Å². The molecule has 0 unspecified atom stereocenters. The van der Waals surface area contributed by atoms with Gasteiger partial charge in [-0.15, -0.1) is 0 Å². The number of hydrogen-bond donors (Lipinski definition) is 1. The normalized spacial score (nSPS) is 27.4. The summed E-state index contributed by atoms with van der Waals surface area (Å²) >= 11 is 0. The standard InChI is InChI=1S/C31H33F3O3/c1-3-25(26(8-10-29(35)36)22-5-4-6-24(14-22)31(32,33)34)23-7-9-27(28(15-23)37-2)30-16-19-11-20(17-30)13-21(12-19)18-30/h4-10,14-15,19-21H,3,11-13,16-18H2,1-2H3,(H,35,36)/b10-8?,26-25-. The molecule has 6 rings (SSSR count). The minimum atomic E-state index is -4.49. The number of carbonyl (C=O) groups is 1. The predicted octanol–water partition coefficient (Wildman–Crippen LogP) is 8.14. The maximum absolute atomic E-state index is 13.5. The fourth-order valence-corrected chi connectivity index (χ4v) is 7.70. The summed E-state index contributed by atoms with van der Waals surface area (Å²) in [7, 11) is 1.68. The molecule has 0 saturated heterocycles. The average Bonchev–Trinajstić information content (AvgIpc) is 2.85. The highest BCUT2D eigenvalue weighted by molar-refractivity contribution is 5.98. The van der Waals surface area contributed by atoms with Gasteiger partial charge in [0.25, 0.3) is 0 Å². The van der Waals surface area contributed by atoms with E-state index >= 15 is 0 Å². The Kier molecular flexibility index (Phi) is 6.71.